The van der Waals surface area contributed by atoms with Crippen molar-refractivity contribution in [2.24, 2.45) is 0 Å². The van der Waals surface area contributed by atoms with Crippen LogP contribution in [-0.2, 0) is 6.42 Å². The molecule has 1 aromatic rings. The van der Waals surface area contributed by atoms with E-state index in [1.54, 1.807) is 6.20 Å². The fourth-order valence-corrected chi connectivity index (χ4v) is 1.07. The Balaban J connectivity index is 2.39. The summed E-state index contributed by atoms with van der Waals surface area (Å²) in [6.07, 6.45) is 2.59. The zero-order valence-electron chi connectivity index (χ0n) is 8.54. The highest BCUT2D eigenvalue weighted by Gasteiger charge is 2.05. The molecule has 0 saturated carbocycles. The number of nitrogen functional groups attached to an aromatic ring is 1. The standard InChI is InChI=1S/C9H18N4/c1-7(2)13(3)5-4-9-8(10)6-11-12-9/h6-7H,4-5,10H2,1-3H3,(H,11,12). The van der Waals surface area contributed by atoms with Crippen molar-refractivity contribution in [2.45, 2.75) is 26.3 Å². The molecule has 0 aliphatic heterocycles. The number of anilines is 1. The van der Waals surface area contributed by atoms with Crippen molar-refractivity contribution in [1.29, 1.82) is 0 Å². The molecule has 0 amide bonds. The topological polar surface area (TPSA) is 57.9 Å². The van der Waals surface area contributed by atoms with Crippen molar-refractivity contribution in [3.63, 3.8) is 0 Å². The normalized spacial score (nSPS) is 11.5. The zero-order valence-corrected chi connectivity index (χ0v) is 8.54. The summed E-state index contributed by atoms with van der Waals surface area (Å²) in [7, 11) is 2.11. The minimum atomic E-state index is 0.573. The first-order chi connectivity index (χ1) is 6.11. The first-order valence-electron chi connectivity index (χ1n) is 4.59. The molecule has 4 heteroatoms. The summed E-state index contributed by atoms with van der Waals surface area (Å²) in [5.41, 5.74) is 7.49. The smallest absolute Gasteiger partial charge is 0.0730 e. The molecule has 1 rings (SSSR count). The molecule has 0 aliphatic carbocycles. The SMILES string of the molecule is CC(C)N(C)CCc1[nH]ncc1N. The average molecular weight is 182 g/mol. The Morgan fingerprint density at radius 1 is 1.62 bits per heavy atom. The number of hydrogen-bond acceptors (Lipinski definition) is 3. The van der Waals surface area contributed by atoms with Crippen molar-refractivity contribution in [3.8, 4) is 0 Å². The largest absolute Gasteiger partial charge is 0.396 e. The van der Waals surface area contributed by atoms with Crippen LogP contribution in [0.4, 0.5) is 5.69 Å². The molecule has 0 aromatic carbocycles. The molecular formula is C9H18N4. The van der Waals surface area contributed by atoms with Gasteiger partial charge in [0.25, 0.3) is 0 Å². The summed E-state index contributed by atoms with van der Waals surface area (Å²) in [6, 6.07) is 0.573. The van der Waals surface area contributed by atoms with E-state index >= 15 is 0 Å². The number of rotatable bonds is 4. The van der Waals surface area contributed by atoms with Crippen LogP contribution in [0.25, 0.3) is 0 Å². The summed E-state index contributed by atoms with van der Waals surface area (Å²) in [5.74, 6) is 0. The lowest BCUT2D eigenvalue weighted by Crippen LogP contribution is -2.28. The van der Waals surface area contributed by atoms with E-state index < -0.39 is 0 Å². The Bertz CT molecular complexity index is 254. The molecule has 74 valence electrons. The van der Waals surface area contributed by atoms with Gasteiger partial charge in [0, 0.05) is 19.0 Å². The Morgan fingerprint density at radius 3 is 2.77 bits per heavy atom. The predicted molar refractivity (Wildman–Crippen MR) is 54.5 cm³/mol. The lowest BCUT2D eigenvalue weighted by atomic mass is 10.2. The van der Waals surface area contributed by atoms with Crippen molar-refractivity contribution >= 4 is 5.69 Å². The van der Waals surface area contributed by atoms with Gasteiger partial charge in [-0.05, 0) is 20.9 Å². The van der Waals surface area contributed by atoms with Gasteiger partial charge in [-0.25, -0.2) is 0 Å². The third kappa shape index (κ3) is 2.73. The maximum absolute atomic E-state index is 5.69. The van der Waals surface area contributed by atoms with Crippen LogP contribution in [0.3, 0.4) is 0 Å². The Hall–Kier alpha value is -1.03. The molecule has 0 unspecified atom stereocenters. The first-order valence-corrected chi connectivity index (χ1v) is 4.59. The van der Waals surface area contributed by atoms with Gasteiger partial charge in [-0.1, -0.05) is 0 Å². The number of nitrogens with two attached hydrogens (primary N) is 1. The molecule has 0 bridgehead atoms. The minimum Gasteiger partial charge on any atom is -0.396 e. The minimum absolute atomic E-state index is 0.573. The van der Waals surface area contributed by atoms with E-state index in [-0.39, 0.29) is 0 Å². The van der Waals surface area contributed by atoms with Gasteiger partial charge >= 0.3 is 0 Å². The van der Waals surface area contributed by atoms with E-state index in [1.807, 2.05) is 0 Å². The number of aromatic amines is 1. The highest BCUT2D eigenvalue weighted by Crippen LogP contribution is 2.07. The van der Waals surface area contributed by atoms with E-state index in [0.29, 0.717) is 6.04 Å². The predicted octanol–water partition coefficient (Wildman–Crippen LogP) is 0.875. The van der Waals surface area contributed by atoms with Gasteiger partial charge < -0.3 is 10.6 Å². The summed E-state index contributed by atoms with van der Waals surface area (Å²) in [6.45, 7) is 5.36. The van der Waals surface area contributed by atoms with Crippen molar-refractivity contribution in [2.75, 3.05) is 19.3 Å². The van der Waals surface area contributed by atoms with E-state index in [9.17, 15) is 0 Å². The first kappa shape index (κ1) is 10.1. The Labute approximate surface area is 79.1 Å². The molecule has 1 heterocycles. The molecule has 0 fully saturated rings. The summed E-state index contributed by atoms with van der Waals surface area (Å²) in [4.78, 5) is 2.28. The highest BCUT2D eigenvalue weighted by molar-refractivity contribution is 5.39. The second-order valence-electron chi connectivity index (χ2n) is 3.63. The van der Waals surface area contributed by atoms with Crippen molar-refractivity contribution in [3.05, 3.63) is 11.9 Å². The second-order valence-corrected chi connectivity index (χ2v) is 3.63. The van der Waals surface area contributed by atoms with Crippen molar-refractivity contribution in [1.82, 2.24) is 15.1 Å². The number of H-pyrrole nitrogens is 1. The average Bonchev–Trinajstić information content (AvgIpc) is 2.47. The van der Waals surface area contributed by atoms with Gasteiger partial charge in [0.15, 0.2) is 0 Å². The van der Waals surface area contributed by atoms with E-state index in [2.05, 4.69) is 36.0 Å². The number of likely N-dealkylation sites (N-methyl/N-ethyl adjacent to an activating group) is 1. The Morgan fingerprint density at radius 2 is 2.31 bits per heavy atom. The lowest BCUT2D eigenvalue weighted by Gasteiger charge is -2.20. The summed E-state index contributed by atoms with van der Waals surface area (Å²) in [5, 5.41) is 6.77. The summed E-state index contributed by atoms with van der Waals surface area (Å²) < 4.78 is 0. The highest BCUT2D eigenvalue weighted by atomic mass is 15.1. The molecule has 3 N–H and O–H groups in total. The lowest BCUT2D eigenvalue weighted by molar-refractivity contribution is 0.277. The molecule has 1 aromatic heterocycles. The molecule has 13 heavy (non-hydrogen) atoms. The monoisotopic (exact) mass is 182 g/mol. The van der Waals surface area contributed by atoms with Gasteiger partial charge in [0.05, 0.1) is 17.6 Å². The third-order valence-electron chi connectivity index (χ3n) is 2.35. The quantitative estimate of drug-likeness (QED) is 0.726. The van der Waals surface area contributed by atoms with Gasteiger partial charge in [0.1, 0.15) is 0 Å². The van der Waals surface area contributed by atoms with Crippen LogP contribution >= 0.6 is 0 Å². The van der Waals surface area contributed by atoms with Crippen LogP contribution in [0.2, 0.25) is 0 Å². The number of hydrogen-bond donors (Lipinski definition) is 2. The van der Waals surface area contributed by atoms with Gasteiger partial charge in [-0.15, -0.1) is 0 Å². The van der Waals surface area contributed by atoms with Crippen LogP contribution < -0.4 is 5.73 Å². The van der Waals surface area contributed by atoms with Crippen LogP contribution in [0, 0.1) is 0 Å². The van der Waals surface area contributed by atoms with Crippen molar-refractivity contribution < 1.29 is 0 Å². The summed E-state index contributed by atoms with van der Waals surface area (Å²) >= 11 is 0. The van der Waals surface area contributed by atoms with Crippen LogP contribution in [-0.4, -0.2) is 34.7 Å². The van der Waals surface area contributed by atoms with E-state index in [4.69, 9.17) is 5.73 Å². The molecule has 0 spiro atoms. The fourth-order valence-electron chi connectivity index (χ4n) is 1.07. The van der Waals surface area contributed by atoms with E-state index in [1.165, 1.54) is 0 Å². The maximum Gasteiger partial charge on any atom is 0.0730 e. The van der Waals surface area contributed by atoms with Gasteiger partial charge in [-0.3, -0.25) is 5.10 Å². The zero-order chi connectivity index (χ0) is 9.84. The van der Waals surface area contributed by atoms with Gasteiger partial charge in [0.2, 0.25) is 0 Å². The number of nitrogens with zero attached hydrogens (tertiary/aromatic N) is 2. The molecule has 0 radical (unpaired) electrons. The van der Waals surface area contributed by atoms with Gasteiger partial charge in [-0.2, -0.15) is 5.10 Å². The van der Waals surface area contributed by atoms with Crippen LogP contribution in [0.15, 0.2) is 6.20 Å². The molecule has 0 aliphatic rings. The second kappa shape index (κ2) is 4.28. The maximum atomic E-state index is 5.69. The number of nitrogens with one attached hydrogen (secondary N) is 1. The number of aromatic nitrogens is 2. The molecule has 0 atom stereocenters. The van der Waals surface area contributed by atoms with Crippen LogP contribution in [0.5, 0.6) is 0 Å². The molecular weight excluding hydrogens is 164 g/mol. The Kier molecular flexibility index (Phi) is 3.31. The van der Waals surface area contributed by atoms with E-state index in [0.717, 1.165) is 24.3 Å². The van der Waals surface area contributed by atoms with Crippen LogP contribution in [0.1, 0.15) is 19.5 Å². The molecule has 0 saturated heterocycles. The molecule has 4 nitrogen and oxygen atoms in total. The fraction of sp³-hybridized carbons (Fsp3) is 0.667. The third-order valence-corrected chi connectivity index (χ3v) is 2.35.